The van der Waals surface area contributed by atoms with Gasteiger partial charge in [0.05, 0.1) is 10.7 Å². The van der Waals surface area contributed by atoms with Crippen molar-refractivity contribution in [2.75, 3.05) is 4.90 Å². The third-order valence-electron chi connectivity index (χ3n) is 2.28. The van der Waals surface area contributed by atoms with Crippen LogP contribution in [-0.2, 0) is 4.79 Å². The number of hydrogen-bond acceptors (Lipinski definition) is 2. The number of amides is 1. The zero-order valence-electron chi connectivity index (χ0n) is 9.30. The normalized spacial score (nSPS) is 10.0. The molecular weight excluding hydrogens is 236 g/mol. The molecule has 17 heavy (non-hydrogen) atoms. The first-order valence-corrected chi connectivity index (χ1v) is 5.54. The van der Waals surface area contributed by atoms with Crippen molar-refractivity contribution < 1.29 is 4.79 Å². The number of rotatable bonds is 2. The molecular formula is C13H11ClN2O. The highest BCUT2D eigenvalue weighted by Crippen LogP contribution is 2.29. The Kier molecular flexibility index (Phi) is 3.40. The van der Waals surface area contributed by atoms with Crippen molar-refractivity contribution in [3.63, 3.8) is 0 Å². The van der Waals surface area contributed by atoms with Gasteiger partial charge in [0.2, 0.25) is 5.91 Å². The van der Waals surface area contributed by atoms with Crippen LogP contribution in [0.3, 0.4) is 0 Å². The number of carbonyl (C=O) groups is 1. The van der Waals surface area contributed by atoms with E-state index < -0.39 is 0 Å². The van der Waals surface area contributed by atoms with Gasteiger partial charge in [-0.3, -0.25) is 9.69 Å². The first-order chi connectivity index (χ1) is 8.20. The van der Waals surface area contributed by atoms with Gasteiger partial charge in [-0.15, -0.1) is 0 Å². The summed E-state index contributed by atoms with van der Waals surface area (Å²) in [5.41, 5.74) is 0.751. The molecule has 0 aliphatic carbocycles. The molecule has 86 valence electrons. The highest BCUT2D eigenvalue weighted by molar-refractivity contribution is 6.33. The quantitative estimate of drug-likeness (QED) is 0.814. The number of aromatic nitrogens is 1. The minimum Gasteiger partial charge on any atom is -0.274 e. The second-order valence-electron chi connectivity index (χ2n) is 3.50. The van der Waals surface area contributed by atoms with Gasteiger partial charge in [0, 0.05) is 13.1 Å². The number of benzene rings is 1. The third-order valence-corrected chi connectivity index (χ3v) is 2.58. The SMILES string of the molecule is CC(=O)N(c1ccccc1)c1ncccc1Cl. The van der Waals surface area contributed by atoms with Crippen LogP contribution in [0.1, 0.15) is 6.92 Å². The van der Waals surface area contributed by atoms with Crippen LogP contribution in [0.2, 0.25) is 5.02 Å². The molecule has 0 saturated carbocycles. The number of carbonyl (C=O) groups excluding carboxylic acids is 1. The summed E-state index contributed by atoms with van der Waals surface area (Å²) in [4.78, 5) is 17.4. The maximum atomic E-state index is 11.7. The molecule has 0 atom stereocenters. The van der Waals surface area contributed by atoms with Crippen LogP contribution in [0, 0.1) is 0 Å². The van der Waals surface area contributed by atoms with E-state index in [2.05, 4.69) is 4.98 Å². The van der Waals surface area contributed by atoms with E-state index in [0.29, 0.717) is 10.8 Å². The van der Waals surface area contributed by atoms with Crippen LogP contribution < -0.4 is 4.90 Å². The maximum Gasteiger partial charge on any atom is 0.229 e. The summed E-state index contributed by atoms with van der Waals surface area (Å²) >= 11 is 6.06. The van der Waals surface area contributed by atoms with Crippen LogP contribution in [0.4, 0.5) is 11.5 Å². The summed E-state index contributed by atoms with van der Waals surface area (Å²) in [6.07, 6.45) is 1.61. The van der Waals surface area contributed by atoms with E-state index in [1.54, 1.807) is 18.3 Å². The van der Waals surface area contributed by atoms with Crippen LogP contribution >= 0.6 is 11.6 Å². The van der Waals surface area contributed by atoms with E-state index >= 15 is 0 Å². The van der Waals surface area contributed by atoms with Crippen molar-refractivity contribution >= 4 is 29.0 Å². The predicted octanol–water partition coefficient (Wildman–Crippen LogP) is 3.42. The molecule has 3 nitrogen and oxygen atoms in total. The van der Waals surface area contributed by atoms with E-state index in [1.807, 2.05) is 30.3 Å². The Balaban J connectivity index is 2.51. The Bertz CT molecular complexity index is 528. The van der Waals surface area contributed by atoms with Crippen LogP contribution in [-0.4, -0.2) is 10.9 Å². The van der Waals surface area contributed by atoms with Gasteiger partial charge in [-0.25, -0.2) is 4.98 Å². The molecule has 0 bridgehead atoms. The van der Waals surface area contributed by atoms with Crippen LogP contribution in [0.25, 0.3) is 0 Å². The molecule has 0 radical (unpaired) electrons. The van der Waals surface area contributed by atoms with Gasteiger partial charge in [-0.05, 0) is 24.3 Å². The number of para-hydroxylation sites is 1. The largest absolute Gasteiger partial charge is 0.274 e. The Labute approximate surface area is 105 Å². The van der Waals surface area contributed by atoms with E-state index in [4.69, 9.17) is 11.6 Å². The number of nitrogens with zero attached hydrogens (tertiary/aromatic N) is 2. The molecule has 1 heterocycles. The van der Waals surface area contributed by atoms with Crippen LogP contribution in [0.15, 0.2) is 48.7 Å². The minimum absolute atomic E-state index is 0.128. The van der Waals surface area contributed by atoms with Gasteiger partial charge in [-0.2, -0.15) is 0 Å². The van der Waals surface area contributed by atoms with Gasteiger partial charge in [0.25, 0.3) is 0 Å². The summed E-state index contributed by atoms with van der Waals surface area (Å²) in [5.74, 6) is 0.324. The fraction of sp³-hybridized carbons (Fsp3) is 0.0769. The molecule has 1 aromatic heterocycles. The zero-order chi connectivity index (χ0) is 12.3. The van der Waals surface area contributed by atoms with Crippen molar-refractivity contribution in [1.82, 2.24) is 4.98 Å². The van der Waals surface area contributed by atoms with Gasteiger partial charge in [0.15, 0.2) is 5.82 Å². The lowest BCUT2D eigenvalue weighted by atomic mass is 10.2. The third kappa shape index (κ3) is 2.45. The highest BCUT2D eigenvalue weighted by atomic mass is 35.5. The molecule has 0 unspecified atom stereocenters. The highest BCUT2D eigenvalue weighted by Gasteiger charge is 2.17. The standard InChI is InChI=1S/C13H11ClN2O/c1-10(17)16(11-6-3-2-4-7-11)13-12(14)8-5-9-15-13/h2-9H,1H3. The average Bonchev–Trinajstić information content (AvgIpc) is 2.33. The zero-order valence-corrected chi connectivity index (χ0v) is 10.1. The molecule has 0 N–H and O–H groups in total. The van der Waals surface area contributed by atoms with Crippen LogP contribution in [0.5, 0.6) is 0 Å². The Morgan fingerprint density at radius 3 is 2.47 bits per heavy atom. The molecule has 0 spiro atoms. The van der Waals surface area contributed by atoms with E-state index in [-0.39, 0.29) is 5.91 Å². The van der Waals surface area contributed by atoms with Gasteiger partial charge in [0.1, 0.15) is 0 Å². The van der Waals surface area contributed by atoms with Crippen molar-refractivity contribution in [3.05, 3.63) is 53.7 Å². The van der Waals surface area contributed by atoms with Gasteiger partial charge >= 0.3 is 0 Å². The van der Waals surface area contributed by atoms with E-state index in [0.717, 1.165) is 5.69 Å². The van der Waals surface area contributed by atoms with Gasteiger partial charge in [-0.1, -0.05) is 29.8 Å². The van der Waals surface area contributed by atoms with Crippen molar-refractivity contribution in [2.24, 2.45) is 0 Å². The number of halogens is 1. The Morgan fingerprint density at radius 2 is 1.88 bits per heavy atom. The van der Waals surface area contributed by atoms with Crippen molar-refractivity contribution in [3.8, 4) is 0 Å². The fourth-order valence-electron chi connectivity index (χ4n) is 1.57. The summed E-state index contributed by atoms with van der Waals surface area (Å²) in [6.45, 7) is 1.48. The number of pyridine rings is 1. The van der Waals surface area contributed by atoms with Gasteiger partial charge < -0.3 is 0 Å². The summed E-state index contributed by atoms with van der Waals surface area (Å²) in [7, 11) is 0. The first kappa shape index (κ1) is 11.6. The first-order valence-electron chi connectivity index (χ1n) is 5.16. The molecule has 2 rings (SSSR count). The minimum atomic E-state index is -0.128. The summed E-state index contributed by atoms with van der Waals surface area (Å²) < 4.78 is 0. The Morgan fingerprint density at radius 1 is 1.18 bits per heavy atom. The lowest BCUT2D eigenvalue weighted by molar-refractivity contribution is -0.115. The molecule has 0 aliphatic heterocycles. The molecule has 0 aliphatic rings. The number of anilines is 2. The molecule has 1 amide bonds. The molecule has 0 saturated heterocycles. The van der Waals surface area contributed by atoms with E-state index in [1.165, 1.54) is 11.8 Å². The molecule has 0 fully saturated rings. The lowest BCUT2D eigenvalue weighted by Crippen LogP contribution is -2.23. The maximum absolute atomic E-state index is 11.7. The monoisotopic (exact) mass is 246 g/mol. The second-order valence-corrected chi connectivity index (χ2v) is 3.91. The van der Waals surface area contributed by atoms with Crippen molar-refractivity contribution in [2.45, 2.75) is 6.92 Å². The molecule has 1 aromatic carbocycles. The Hall–Kier alpha value is -1.87. The second kappa shape index (κ2) is 4.97. The fourth-order valence-corrected chi connectivity index (χ4v) is 1.78. The summed E-state index contributed by atoms with van der Waals surface area (Å²) in [5, 5.41) is 0.451. The van der Waals surface area contributed by atoms with E-state index in [9.17, 15) is 4.79 Å². The topological polar surface area (TPSA) is 33.2 Å². The average molecular weight is 247 g/mol. The lowest BCUT2D eigenvalue weighted by Gasteiger charge is -2.20. The van der Waals surface area contributed by atoms with Crippen molar-refractivity contribution in [1.29, 1.82) is 0 Å². The number of hydrogen-bond donors (Lipinski definition) is 0. The molecule has 4 heteroatoms. The summed E-state index contributed by atoms with van der Waals surface area (Å²) in [6, 6.07) is 12.7. The predicted molar refractivity (Wildman–Crippen MR) is 68.5 cm³/mol. The smallest absolute Gasteiger partial charge is 0.229 e. The molecule has 2 aromatic rings.